The first-order valence-corrected chi connectivity index (χ1v) is 7.13. The Kier molecular flexibility index (Phi) is 4.11. The van der Waals surface area contributed by atoms with Gasteiger partial charge in [0.1, 0.15) is 0 Å². The molecule has 3 nitrogen and oxygen atoms in total. The van der Waals surface area contributed by atoms with Crippen LogP contribution in [0.15, 0.2) is 0 Å². The zero-order valence-electron chi connectivity index (χ0n) is 11.8. The minimum atomic E-state index is 0.225. The lowest BCUT2D eigenvalue weighted by Gasteiger charge is -2.39. The summed E-state index contributed by atoms with van der Waals surface area (Å²) in [6, 6.07) is 0. The van der Waals surface area contributed by atoms with Crippen LogP contribution in [0.2, 0.25) is 0 Å². The van der Waals surface area contributed by atoms with E-state index in [9.17, 15) is 0 Å². The minimum Gasteiger partial charge on any atom is -0.329 e. The molecule has 1 saturated heterocycles. The summed E-state index contributed by atoms with van der Waals surface area (Å²) in [5.41, 5.74) is 6.26. The van der Waals surface area contributed by atoms with Crippen molar-refractivity contribution in [1.29, 1.82) is 0 Å². The third kappa shape index (κ3) is 3.43. The zero-order valence-corrected chi connectivity index (χ0v) is 11.8. The second-order valence-corrected chi connectivity index (χ2v) is 6.65. The summed E-state index contributed by atoms with van der Waals surface area (Å²) in [4.78, 5) is 4.98. The van der Waals surface area contributed by atoms with Crippen LogP contribution in [0.25, 0.3) is 0 Å². The molecule has 1 heterocycles. The number of rotatable bonds is 6. The largest absolute Gasteiger partial charge is 0.329 e. The van der Waals surface area contributed by atoms with Crippen molar-refractivity contribution in [3.05, 3.63) is 0 Å². The molecule has 0 spiro atoms. The fourth-order valence-corrected chi connectivity index (χ4v) is 3.12. The van der Waals surface area contributed by atoms with E-state index in [2.05, 4.69) is 30.8 Å². The summed E-state index contributed by atoms with van der Waals surface area (Å²) in [5, 5.41) is 0. The van der Waals surface area contributed by atoms with Crippen LogP contribution in [0.3, 0.4) is 0 Å². The molecule has 0 aromatic heterocycles. The van der Waals surface area contributed by atoms with Crippen molar-refractivity contribution in [3.8, 4) is 0 Å². The Bertz CT molecular complexity index is 252. The van der Waals surface area contributed by atoms with Gasteiger partial charge in [-0.1, -0.05) is 12.8 Å². The lowest BCUT2D eigenvalue weighted by Crippen LogP contribution is -2.51. The Morgan fingerprint density at radius 2 is 2.00 bits per heavy atom. The normalized spacial score (nSPS) is 29.8. The molecule has 1 saturated carbocycles. The summed E-state index contributed by atoms with van der Waals surface area (Å²) in [6.45, 7) is 6.88. The molecule has 0 aromatic carbocycles. The molecule has 2 aliphatic rings. The lowest BCUT2D eigenvalue weighted by molar-refractivity contribution is 0.108. The quantitative estimate of drug-likeness (QED) is 0.760. The molecule has 0 radical (unpaired) electrons. The van der Waals surface area contributed by atoms with Crippen LogP contribution >= 0.6 is 0 Å². The zero-order chi connectivity index (χ0) is 12.5. The van der Waals surface area contributed by atoms with Gasteiger partial charge in [-0.25, -0.2) is 0 Å². The molecule has 3 heteroatoms. The molecule has 1 aliphatic carbocycles. The van der Waals surface area contributed by atoms with Crippen LogP contribution in [0, 0.1) is 11.8 Å². The Morgan fingerprint density at radius 1 is 1.29 bits per heavy atom. The highest BCUT2D eigenvalue weighted by Gasteiger charge is 2.36. The highest BCUT2D eigenvalue weighted by atomic mass is 15.2. The molecule has 0 bridgehead atoms. The average Bonchev–Trinajstić information content (AvgIpc) is 3.01. The van der Waals surface area contributed by atoms with Gasteiger partial charge >= 0.3 is 0 Å². The van der Waals surface area contributed by atoms with Crippen molar-refractivity contribution in [1.82, 2.24) is 9.80 Å². The highest BCUT2D eigenvalue weighted by molar-refractivity contribution is 4.93. The van der Waals surface area contributed by atoms with E-state index in [1.165, 1.54) is 45.3 Å². The number of likely N-dealkylation sites (N-methyl/N-ethyl adjacent to an activating group) is 1. The first-order valence-electron chi connectivity index (χ1n) is 7.13. The molecule has 2 atom stereocenters. The topological polar surface area (TPSA) is 32.5 Å². The molecule has 2 N–H and O–H groups in total. The standard InChI is InChI=1S/C14H29N3/c1-14(11-15,8-12-4-5-12)17(3)10-13-6-7-16(2)9-13/h12-13H,4-11,15H2,1-3H3. The average molecular weight is 239 g/mol. The summed E-state index contributed by atoms with van der Waals surface area (Å²) < 4.78 is 0. The molecule has 1 aliphatic heterocycles. The molecular weight excluding hydrogens is 210 g/mol. The van der Waals surface area contributed by atoms with Crippen LogP contribution in [0.5, 0.6) is 0 Å². The molecule has 2 fully saturated rings. The molecular formula is C14H29N3. The van der Waals surface area contributed by atoms with Gasteiger partial charge in [-0.05, 0) is 52.2 Å². The van der Waals surface area contributed by atoms with E-state index in [4.69, 9.17) is 5.73 Å². The maximum Gasteiger partial charge on any atom is 0.0303 e. The van der Waals surface area contributed by atoms with Gasteiger partial charge in [0, 0.05) is 25.2 Å². The Hall–Kier alpha value is -0.120. The van der Waals surface area contributed by atoms with Gasteiger partial charge in [0.15, 0.2) is 0 Å². The number of hydrogen-bond donors (Lipinski definition) is 1. The van der Waals surface area contributed by atoms with Crippen molar-refractivity contribution in [2.75, 3.05) is 40.3 Å². The van der Waals surface area contributed by atoms with Crippen LogP contribution in [0.1, 0.15) is 32.6 Å². The minimum absolute atomic E-state index is 0.225. The molecule has 2 rings (SSSR count). The van der Waals surface area contributed by atoms with E-state index in [1.807, 2.05) is 0 Å². The van der Waals surface area contributed by atoms with Gasteiger partial charge in [0.25, 0.3) is 0 Å². The third-order valence-corrected chi connectivity index (χ3v) is 4.81. The molecule has 17 heavy (non-hydrogen) atoms. The van der Waals surface area contributed by atoms with Gasteiger partial charge < -0.3 is 10.6 Å². The molecule has 100 valence electrons. The summed E-state index contributed by atoms with van der Waals surface area (Å²) >= 11 is 0. The van der Waals surface area contributed by atoms with E-state index in [-0.39, 0.29) is 5.54 Å². The monoisotopic (exact) mass is 239 g/mol. The molecule has 0 aromatic rings. The fourth-order valence-electron chi connectivity index (χ4n) is 3.12. The van der Waals surface area contributed by atoms with E-state index in [0.717, 1.165) is 18.4 Å². The molecule has 2 unspecified atom stereocenters. The van der Waals surface area contributed by atoms with Crippen molar-refractivity contribution in [3.63, 3.8) is 0 Å². The van der Waals surface area contributed by atoms with Crippen LogP contribution < -0.4 is 5.73 Å². The maximum atomic E-state index is 6.03. The number of likely N-dealkylation sites (tertiary alicyclic amines) is 1. The predicted molar refractivity (Wildman–Crippen MR) is 73.0 cm³/mol. The van der Waals surface area contributed by atoms with Gasteiger partial charge in [0.2, 0.25) is 0 Å². The van der Waals surface area contributed by atoms with Crippen LogP contribution in [-0.2, 0) is 0 Å². The SMILES string of the molecule is CN1CCC(CN(C)C(C)(CN)CC2CC2)C1. The second kappa shape index (κ2) is 5.25. The van der Waals surface area contributed by atoms with E-state index >= 15 is 0 Å². The molecule has 0 amide bonds. The number of nitrogens with two attached hydrogens (primary N) is 1. The Morgan fingerprint density at radius 3 is 2.47 bits per heavy atom. The maximum absolute atomic E-state index is 6.03. The Balaban J connectivity index is 1.84. The van der Waals surface area contributed by atoms with Crippen molar-refractivity contribution in [2.45, 2.75) is 38.1 Å². The van der Waals surface area contributed by atoms with Crippen LogP contribution in [-0.4, -0.2) is 55.6 Å². The summed E-state index contributed by atoms with van der Waals surface area (Å²) in [5.74, 6) is 1.80. The first kappa shape index (κ1) is 13.3. The van der Waals surface area contributed by atoms with Crippen molar-refractivity contribution in [2.24, 2.45) is 17.6 Å². The van der Waals surface area contributed by atoms with Gasteiger partial charge in [-0.2, -0.15) is 0 Å². The first-order chi connectivity index (χ1) is 8.03. The van der Waals surface area contributed by atoms with Crippen molar-refractivity contribution >= 4 is 0 Å². The predicted octanol–water partition coefficient (Wildman–Crippen LogP) is 1.39. The van der Waals surface area contributed by atoms with E-state index in [0.29, 0.717) is 0 Å². The number of hydrogen-bond acceptors (Lipinski definition) is 3. The third-order valence-electron chi connectivity index (χ3n) is 4.81. The fraction of sp³-hybridized carbons (Fsp3) is 1.00. The van der Waals surface area contributed by atoms with Crippen molar-refractivity contribution < 1.29 is 0 Å². The second-order valence-electron chi connectivity index (χ2n) is 6.65. The summed E-state index contributed by atoms with van der Waals surface area (Å²) in [7, 11) is 4.50. The number of nitrogens with zero attached hydrogens (tertiary/aromatic N) is 2. The van der Waals surface area contributed by atoms with Gasteiger partial charge in [-0.15, -0.1) is 0 Å². The lowest BCUT2D eigenvalue weighted by atomic mass is 9.91. The summed E-state index contributed by atoms with van der Waals surface area (Å²) in [6.07, 6.45) is 5.50. The highest BCUT2D eigenvalue weighted by Crippen LogP contribution is 2.38. The van der Waals surface area contributed by atoms with Gasteiger partial charge in [0.05, 0.1) is 0 Å². The van der Waals surface area contributed by atoms with E-state index in [1.54, 1.807) is 0 Å². The smallest absolute Gasteiger partial charge is 0.0303 e. The van der Waals surface area contributed by atoms with E-state index < -0.39 is 0 Å². The Labute approximate surface area is 106 Å². The van der Waals surface area contributed by atoms with Gasteiger partial charge in [-0.3, -0.25) is 4.90 Å². The van der Waals surface area contributed by atoms with Crippen LogP contribution in [0.4, 0.5) is 0 Å².